The third kappa shape index (κ3) is 3.28. The molecule has 1 aliphatic heterocycles. The first-order valence-electron chi connectivity index (χ1n) is 8.65. The molecule has 1 fully saturated rings. The van der Waals surface area contributed by atoms with Crippen molar-refractivity contribution in [2.45, 2.75) is 4.90 Å². The molecule has 0 radical (unpaired) electrons. The van der Waals surface area contributed by atoms with E-state index in [1.165, 1.54) is 22.6 Å². The van der Waals surface area contributed by atoms with Crippen LogP contribution in [0.5, 0.6) is 5.75 Å². The normalized spacial score (nSPS) is 15.9. The number of nitrogens with zero attached hydrogens (tertiary/aromatic N) is 3. The third-order valence-corrected chi connectivity index (χ3v) is 7.60. The van der Waals surface area contributed by atoms with Gasteiger partial charge in [0.25, 0.3) is 0 Å². The maximum absolute atomic E-state index is 13.2. The lowest BCUT2D eigenvalue weighted by Crippen LogP contribution is -2.48. The Balaban J connectivity index is 1.61. The van der Waals surface area contributed by atoms with E-state index in [4.69, 9.17) is 23.2 Å². The van der Waals surface area contributed by atoms with Crippen molar-refractivity contribution in [2.75, 3.05) is 31.1 Å². The van der Waals surface area contributed by atoms with Crippen molar-refractivity contribution in [2.24, 2.45) is 0 Å². The van der Waals surface area contributed by atoms with Gasteiger partial charge in [-0.15, -0.1) is 0 Å². The molecule has 0 aliphatic carbocycles. The van der Waals surface area contributed by atoms with Gasteiger partial charge in [-0.05, 0) is 36.4 Å². The summed E-state index contributed by atoms with van der Waals surface area (Å²) in [5.41, 5.74) is 1.07. The molecule has 1 aliphatic rings. The molecule has 6 nitrogen and oxygen atoms in total. The van der Waals surface area contributed by atoms with E-state index in [9.17, 15) is 13.5 Å². The number of phenols is 1. The van der Waals surface area contributed by atoms with Gasteiger partial charge in [0.2, 0.25) is 10.0 Å². The molecule has 2 aromatic carbocycles. The van der Waals surface area contributed by atoms with Crippen LogP contribution in [0.1, 0.15) is 0 Å². The van der Waals surface area contributed by atoms with Crippen molar-refractivity contribution in [1.82, 2.24) is 9.29 Å². The molecule has 9 heteroatoms. The number of hydrogen-bond donors (Lipinski definition) is 1. The Labute approximate surface area is 173 Å². The quantitative estimate of drug-likeness (QED) is 0.674. The maximum Gasteiger partial charge on any atom is 0.243 e. The molecule has 1 N–H and O–H groups in total. The second-order valence-electron chi connectivity index (χ2n) is 6.45. The number of aromatic hydroxyl groups is 1. The second-order valence-corrected chi connectivity index (χ2v) is 9.14. The highest BCUT2D eigenvalue weighted by Crippen LogP contribution is 2.34. The van der Waals surface area contributed by atoms with Crippen molar-refractivity contribution >= 4 is 49.8 Å². The van der Waals surface area contributed by atoms with E-state index in [1.54, 1.807) is 18.2 Å². The summed E-state index contributed by atoms with van der Waals surface area (Å²) in [4.78, 5) is 6.27. The number of pyridine rings is 1. The van der Waals surface area contributed by atoms with Crippen LogP contribution in [0.3, 0.4) is 0 Å². The Morgan fingerprint density at radius 3 is 2.46 bits per heavy atom. The first-order chi connectivity index (χ1) is 13.4. The van der Waals surface area contributed by atoms with Crippen LogP contribution in [0.25, 0.3) is 10.9 Å². The van der Waals surface area contributed by atoms with Crippen molar-refractivity contribution in [1.29, 1.82) is 0 Å². The van der Waals surface area contributed by atoms with Crippen LogP contribution < -0.4 is 4.90 Å². The second kappa shape index (κ2) is 7.40. The van der Waals surface area contributed by atoms with Gasteiger partial charge in [0, 0.05) is 37.8 Å². The zero-order valence-electron chi connectivity index (χ0n) is 14.7. The van der Waals surface area contributed by atoms with Gasteiger partial charge in [0.15, 0.2) is 0 Å². The van der Waals surface area contributed by atoms with E-state index in [1.807, 2.05) is 17.0 Å². The Kier molecular flexibility index (Phi) is 5.09. The molecule has 0 amide bonds. The van der Waals surface area contributed by atoms with Crippen LogP contribution in [-0.2, 0) is 10.0 Å². The smallest absolute Gasteiger partial charge is 0.243 e. The fourth-order valence-corrected chi connectivity index (χ4v) is 5.42. The first-order valence-corrected chi connectivity index (χ1v) is 10.8. The number of anilines is 1. The van der Waals surface area contributed by atoms with Crippen LogP contribution in [0, 0.1) is 0 Å². The van der Waals surface area contributed by atoms with Crippen LogP contribution >= 0.6 is 23.2 Å². The van der Waals surface area contributed by atoms with Gasteiger partial charge in [-0.2, -0.15) is 4.31 Å². The summed E-state index contributed by atoms with van der Waals surface area (Å²) in [7, 11) is -3.73. The highest BCUT2D eigenvalue weighted by atomic mass is 35.5. The van der Waals surface area contributed by atoms with Gasteiger partial charge in [-0.3, -0.25) is 4.98 Å². The van der Waals surface area contributed by atoms with Crippen LogP contribution in [0.4, 0.5) is 5.69 Å². The molecule has 0 unspecified atom stereocenters. The first kappa shape index (κ1) is 19.3. The minimum Gasteiger partial charge on any atom is -0.506 e. The Morgan fingerprint density at radius 2 is 1.71 bits per heavy atom. The summed E-state index contributed by atoms with van der Waals surface area (Å²) in [5, 5.41) is 11.3. The van der Waals surface area contributed by atoms with Gasteiger partial charge >= 0.3 is 0 Å². The molecule has 4 rings (SSSR count). The third-order valence-electron chi connectivity index (χ3n) is 4.84. The molecule has 2 heterocycles. The highest BCUT2D eigenvalue weighted by Gasteiger charge is 2.31. The topological polar surface area (TPSA) is 73.7 Å². The van der Waals surface area contributed by atoms with Gasteiger partial charge in [-0.1, -0.05) is 29.3 Å². The average molecular weight is 438 g/mol. The lowest BCUT2D eigenvalue weighted by molar-refractivity contribution is 0.385. The molecule has 28 heavy (non-hydrogen) atoms. The predicted octanol–water partition coefficient (Wildman–Crippen LogP) is 3.76. The summed E-state index contributed by atoms with van der Waals surface area (Å²) in [5.74, 6) is -0.0463. The zero-order chi connectivity index (χ0) is 19.9. The molecule has 146 valence electrons. The standard InChI is InChI=1S/C19H17Cl2N3O3S/c20-14-4-1-5-15(18(14)21)23-9-11-24(12-10-23)28(26,27)17-7-6-16(25)19-13(17)3-2-8-22-19/h1-8,25H,9-12H2. The Bertz CT molecular complexity index is 1150. The number of phenolic OH excluding ortho intramolecular Hbond substituents is 1. The number of halogens is 2. The number of benzene rings is 2. The van der Waals surface area contributed by atoms with E-state index in [-0.39, 0.29) is 16.2 Å². The lowest BCUT2D eigenvalue weighted by Gasteiger charge is -2.36. The van der Waals surface area contributed by atoms with Crippen LogP contribution in [0.2, 0.25) is 10.0 Å². The monoisotopic (exact) mass is 437 g/mol. The van der Waals surface area contributed by atoms with Gasteiger partial charge in [0.05, 0.1) is 20.6 Å². The number of fused-ring (bicyclic) bond motifs is 1. The molecule has 0 bridgehead atoms. The van der Waals surface area contributed by atoms with Crippen LogP contribution in [-0.4, -0.2) is 49.0 Å². The summed E-state index contributed by atoms with van der Waals surface area (Å²) < 4.78 is 27.9. The summed E-state index contributed by atoms with van der Waals surface area (Å²) in [6, 6.07) is 11.5. The van der Waals surface area contributed by atoms with E-state index in [0.717, 1.165) is 5.69 Å². The minimum atomic E-state index is -3.73. The Morgan fingerprint density at radius 1 is 0.964 bits per heavy atom. The summed E-state index contributed by atoms with van der Waals surface area (Å²) in [6.07, 6.45) is 1.52. The molecular formula is C19H17Cl2N3O3S. The number of aromatic nitrogens is 1. The SMILES string of the molecule is O=S(=O)(c1ccc(O)c2ncccc12)N1CCN(c2cccc(Cl)c2Cl)CC1. The fourth-order valence-electron chi connectivity index (χ4n) is 3.40. The fraction of sp³-hybridized carbons (Fsp3) is 0.211. The molecule has 1 aromatic heterocycles. The van der Waals surface area contributed by atoms with Crippen molar-refractivity contribution in [3.05, 3.63) is 58.7 Å². The van der Waals surface area contributed by atoms with Crippen molar-refractivity contribution in [3.63, 3.8) is 0 Å². The van der Waals surface area contributed by atoms with E-state index >= 15 is 0 Å². The number of rotatable bonds is 3. The molecule has 3 aromatic rings. The summed E-state index contributed by atoms with van der Waals surface area (Å²) in [6.45, 7) is 1.61. The molecule has 0 atom stereocenters. The van der Waals surface area contributed by atoms with Gasteiger partial charge in [-0.25, -0.2) is 8.42 Å². The predicted molar refractivity (Wildman–Crippen MR) is 111 cm³/mol. The van der Waals surface area contributed by atoms with Crippen LogP contribution in [0.15, 0.2) is 53.6 Å². The van der Waals surface area contributed by atoms with E-state index in [2.05, 4.69) is 4.98 Å². The summed E-state index contributed by atoms with van der Waals surface area (Å²) >= 11 is 12.4. The average Bonchev–Trinajstić information content (AvgIpc) is 2.70. The van der Waals surface area contributed by atoms with Gasteiger partial charge < -0.3 is 10.0 Å². The number of hydrogen-bond acceptors (Lipinski definition) is 5. The molecule has 1 saturated heterocycles. The maximum atomic E-state index is 13.2. The lowest BCUT2D eigenvalue weighted by atomic mass is 10.2. The van der Waals surface area contributed by atoms with Crippen molar-refractivity contribution in [3.8, 4) is 5.75 Å². The van der Waals surface area contributed by atoms with Crippen molar-refractivity contribution < 1.29 is 13.5 Å². The molecular weight excluding hydrogens is 421 g/mol. The molecule has 0 saturated carbocycles. The Hall–Kier alpha value is -2.06. The molecule has 0 spiro atoms. The van der Waals surface area contributed by atoms with E-state index in [0.29, 0.717) is 41.6 Å². The zero-order valence-corrected chi connectivity index (χ0v) is 17.0. The largest absolute Gasteiger partial charge is 0.506 e. The number of sulfonamides is 1. The van der Waals surface area contributed by atoms with Gasteiger partial charge in [0.1, 0.15) is 11.3 Å². The number of piperazine rings is 1. The van der Waals surface area contributed by atoms with E-state index < -0.39 is 10.0 Å². The minimum absolute atomic E-state index is 0.0463. The highest BCUT2D eigenvalue weighted by molar-refractivity contribution is 7.89.